The highest BCUT2D eigenvalue weighted by Gasteiger charge is 2.39. The van der Waals surface area contributed by atoms with Crippen molar-refractivity contribution in [1.82, 2.24) is 10.6 Å². The number of rotatable bonds is 5. The predicted molar refractivity (Wildman–Crippen MR) is 63.0 cm³/mol. The molecule has 0 heterocycles. The minimum absolute atomic E-state index is 0.255. The Morgan fingerprint density at radius 1 is 1.12 bits per heavy atom. The van der Waals surface area contributed by atoms with E-state index in [1.807, 2.05) is 0 Å². The molecule has 3 fully saturated rings. The second-order valence-electron chi connectivity index (χ2n) is 5.83. The van der Waals surface area contributed by atoms with Crippen LogP contribution in [0, 0.1) is 11.8 Å². The molecule has 3 rings (SSSR count). The average molecular weight is 222 g/mol. The molecule has 2 N–H and O–H groups in total. The van der Waals surface area contributed by atoms with Gasteiger partial charge >= 0.3 is 0 Å². The van der Waals surface area contributed by atoms with Crippen molar-refractivity contribution in [3.05, 3.63) is 0 Å². The smallest absolute Gasteiger partial charge is 0.221 e. The lowest BCUT2D eigenvalue weighted by atomic mass is 9.95. The molecule has 16 heavy (non-hydrogen) atoms. The van der Waals surface area contributed by atoms with Crippen LogP contribution in [0.4, 0.5) is 0 Å². The lowest BCUT2D eigenvalue weighted by Gasteiger charge is -2.22. The van der Waals surface area contributed by atoms with Gasteiger partial charge in [-0.1, -0.05) is 6.42 Å². The van der Waals surface area contributed by atoms with Crippen molar-refractivity contribution in [3.63, 3.8) is 0 Å². The molecule has 3 aliphatic carbocycles. The van der Waals surface area contributed by atoms with E-state index in [9.17, 15) is 4.79 Å². The summed E-state index contributed by atoms with van der Waals surface area (Å²) in [4.78, 5) is 11.7. The third kappa shape index (κ3) is 2.40. The van der Waals surface area contributed by atoms with Crippen LogP contribution in [-0.4, -0.2) is 24.5 Å². The first-order valence-corrected chi connectivity index (χ1v) is 6.84. The Hall–Kier alpha value is -0.570. The van der Waals surface area contributed by atoms with Gasteiger partial charge < -0.3 is 10.6 Å². The molecule has 3 saturated carbocycles. The van der Waals surface area contributed by atoms with Gasteiger partial charge in [0, 0.05) is 25.0 Å². The summed E-state index contributed by atoms with van der Waals surface area (Å²) in [5, 5.41) is 6.61. The van der Waals surface area contributed by atoms with Crippen LogP contribution >= 0.6 is 0 Å². The molecule has 3 unspecified atom stereocenters. The topological polar surface area (TPSA) is 41.1 Å². The van der Waals surface area contributed by atoms with Gasteiger partial charge in [0.2, 0.25) is 5.91 Å². The number of carbonyl (C=O) groups is 1. The zero-order valence-corrected chi connectivity index (χ0v) is 9.87. The monoisotopic (exact) mass is 222 g/mol. The highest BCUT2D eigenvalue weighted by molar-refractivity contribution is 5.76. The molecule has 0 aromatic heterocycles. The van der Waals surface area contributed by atoms with Crippen LogP contribution in [0.25, 0.3) is 0 Å². The number of nitrogens with one attached hydrogen (secondary N) is 2. The van der Waals surface area contributed by atoms with Gasteiger partial charge in [-0.25, -0.2) is 0 Å². The second-order valence-corrected chi connectivity index (χ2v) is 5.83. The van der Waals surface area contributed by atoms with E-state index in [4.69, 9.17) is 0 Å². The number of amides is 1. The van der Waals surface area contributed by atoms with E-state index >= 15 is 0 Å². The molecule has 3 nitrogen and oxygen atoms in total. The molecule has 3 heteroatoms. The van der Waals surface area contributed by atoms with E-state index in [0.717, 1.165) is 24.4 Å². The lowest BCUT2D eigenvalue weighted by molar-refractivity contribution is -0.122. The van der Waals surface area contributed by atoms with Crippen LogP contribution in [0.15, 0.2) is 0 Å². The van der Waals surface area contributed by atoms with Gasteiger partial charge in [0.05, 0.1) is 0 Å². The van der Waals surface area contributed by atoms with Gasteiger partial charge in [-0.2, -0.15) is 0 Å². The summed E-state index contributed by atoms with van der Waals surface area (Å²) in [7, 11) is 0. The van der Waals surface area contributed by atoms with Crippen molar-refractivity contribution in [2.45, 2.75) is 57.0 Å². The van der Waals surface area contributed by atoms with Crippen molar-refractivity contribution in [2.24, 2.45) is 11.8 Å². The molecular formula is C13H22N2O. The zero-order valence-electron chi connectivity index (χ0n) is 9.87. The van der Waals surface area contributed by atoms with Gasteiger partial charge in [-0.3, -0.25) is 4.79 Å². The van der Waals surface area contributed by atoms with Crippen LogP contribution in [0.3, 0.4) is 0 Å². The molecular weight excluding hydrogens is 200 g/mol. The van der Waals surface area contributed by atoms with Gasteiger partial charge in [-0.15, -0.1) is 0 Å². The maximum atomic E-state index is 11.7. The van der Waals surface area contributed by atoms with Crippen LogP contribution in [0.1, 0.15) is 44.9 Å². The molecule has 0 aromatic rings. The first-order valence-electron chi connectivity index (χ1n) is 6.84. The highest BCUT2D eigenvalue weighted by atomic mass is 16.1. The Morgan fingerprint density at radius 3 is 2.62 bits per heavy atom. The van der Waals surface area contributed by atoms with E-state index < -0.39 is 0 Å². The SMILES string of the molecule is O=C(CCNC1CC1)NC1CC2CCC1C2. The Bertz CT molecular complexity index is 275. The standard InChI is InChI=1S/C13H22N2O/c16-13(5-6-14-11-3-4-11)15-12-8-9-1-2-10(12)7-9/h9-12,14H,1-8H2,(H,15,16). The number of fused-ring (bicyclic) bond motifs is 2. The number of hydrogen-bond donors (Lipinski definition) is 2. The summed E-state index contributed by atoms with van der Waals surface area (Å²) in [5.41, 5.74) is 0. The van der Waals surface area contributed by atoms with Crippen molar-refractivity contribution < 1.29 is 4.79 Å². The predicted octanol–water partition coefficient (Wildman–Crippen LogP) is 1.43. The van der Waals surface area contributed by atoms with Crippen LogP contribution in [0.2, 0.25) is 0 Å². The molecule has 2 bridgehead atoms. The Balaban J connectivity index is 1.35. The molecule has 0 aromatic carbocycles. The molecule has 0 saturated heterocycles. The summed E-state index contributed by atoms with van der Waals surface area (Å²) in [6, 6.07) is 1.22. The first kappa shape index (κ1) is 10.6. The fourth-order valence-electron chi connectivity index (χ4n) is 3.38. The van der Waals surface area contributed by atoms with Gasteiger partial charge in [0.15, 0.2) is 0 Å². The molecule has 3 atom stereocenters. The second kappa shape index (κ2) is 4.36. The molecule has 90 valence electrons. The third-order valence-corrected chi connectivity index (χ3v) is 4.45. The van der Waals surface area contributed by atoms with Crippen LogP contribution < -0.4 is 10.6 Å². The fraction of sp³-hybridized carbons (Fsp3) is 0.923. The third-order valence-electron chi connectivity index (χ3n) is 4.45. The maximum absolute atomic E-state index is 11.7. The highest BCUT2D eigenvalue weighted by Crippen LogP contribution is 2.44. The van der Waals surface area contributed by atoms with E-state index in [0.29, 0.717) is 12.5 Å². The quantitative estimate of drug-likeness (QED) is 0.739. The molecule has 0 aliphatic heterocycles. The van der Waals surface area contributed by atoms with Gasteiger partial charge in [-0.05, 0) is 43.9 Å². The summed E-state index contributed by atoms with van der Waals surface area (Å²) >= 11 is 0. The first-order chi connectivity index (χ1) is 7.81. The summed E-state index contributed by atoms with van der Waals surface area (Å²) in [5.74, 6) is 1.97. The minimum atomic E-state index is 0.255. The molecule has 0 spiro atoms. The van der Waals surface area contributed by atoms with Gasteiger partial charge in [0.25, 0.3) is 0 Å². The number of hydrogen-bond acceptors (Lipinski definition) is 2. The summed E-state index contributed by atoms with van der Waals surface area (Å²) in [6.07, 6.45) is 8.61. The summed E-state index contributed by atoms with van der Waals surface area (Å²) < 4.78 is 0. The van der Waals surface area contributed by atoms with Crippen LogP contribution in [-0.2, 0) is 4.79 Å². The molecule has 1 amide bonds. The number of carbonyl (C=O) groups excluding carboxylic acids is 1. The Labute approximate surface area is 97.4 Å². The van der Waals surface area contributed by atoms with E-state index in [-0.39, 0.29) is 5.91 Å². The minimum Gasteiger partial charge on any atom is -0.353 e. The maximum Gasteiger partial charge on any atom is 0.221 e. The zero-order chi connectivity index (χ0) is 11.0. The van der Waals surface area contributed by atoms with Crippen molar-refractivity contribution in [3.8, 4) is 0 Å². The van der Waals surface area contributed by atoms with E-state index in [1.54, 1.807) is 0 Å². The lowest BCUT2D eigenvalue weighted by Crippen LogP contribution is -2.39. The van der Waals surface area contributed by atoms with Crippen molar-refractivity contribution in [1.29, 1.82) is 0 Å². The van der Waals surface area contributed by atoms with Crippen LogP contribution in [0.5, 0.6) is 0 Å². The van der Waals surface area contributed by atoms with Gasteiger partial charge in [0.1, 0.15) is 0 Å². The summed E-state index contributed by atoms with van der Waals surface area (Å²) in [6.45, 7) is 0.858. The van der Waals surface area contributed by atoms with Crippen molar-refractivity contribution in [2.75, 3.05) is 6.54 Å². The average Bonchev–Trinajstić information content (AvgIpc) is 2.86. The van der Waals surface area contributed by atoms with Crippen molar-refractivity contribution >= 4 is 5.91 Å². The Kier molecular flexibility index (Phi) is 2.88. The fourth-order valence-corrected chi connectivity index (χ4v) is 3.38. The van der Waals surface area contributed by atoms with E-state index in [2.05, 4.69) is 10.6 Å². The molecule has 3 aliphatic rings. The normalized spacial score (nSPS) is 36.6. The largest absolute Gasteiger partial charge is 0.353 e. The molecule has 0 radical (unpaired) electrons. The van der Waals surface area contributed by atoms with E-state index in [1.165, 1.54) is 38.5 Å². The Morgan fingerprint density at radius 2 is 2.00 bits per heavy atom.